The third-order valence-corrected chi connectivity index (χ3v) is 4.60. The SMILES string of the molecule is O=S(=O)(Nc1cccc2cccnc12)c1cccnc1C(F)(F)F. The Kier molecular flexibility index (Phi) is 3.88. The molecule has 0 unspecified atom stereocenters. The highest BCUT2D eigenvalue weighted by Gasteiger charge is 2.39. The molecule has 24 heavy (non-hydrogen) atoms. The molecule has 3 rings (SSSR count). The highest BCUT2D eigenvalue weighted by Crippen LogP contribution is 2.33. The minimum atomic E-state index is -4.89. The molecule has 0 atom stereocenters. The van der Waals surface area contributed by atoms with Crippen LogP contribution in [0.3, 0.4) is 0 Å². The maximum absolute atomic E-state index is 13.0. The first kappa shape index (κ1) is 16.2. The van der Waals surface area contributed by atoms with Gasteiger partial charge in [0.1, 0.15) is 4.90 Å². The van der Waals surface area contributed by atoms with Crippen LogP contribution in [0.1, 0.15) is 5.69 Å². The van der Waals surface area contributed by atoms with Crippen molar-refractivity contribution in [1.29, 1.82) is 0 Å². The Morgan fingerprint density at radius 1 is 0.917 bits per heavy atom. The standard InChI is InChI=1S/C15H10F3N3O2S/c16-15(17,18)14-12(7-3-9-20-14)24(22,23)21-11-6-1-4-10-5-2-8-19-13(10)11/h1-9,21H. The van der Waals surface area contributed by atoms with Gasteiger partial charge in [0, 0.05) is 17.8 Å². The number of hydrogen-bond acceptors (Lipinski definition) is 4. The fourth-order valence-electron chi connectivity index (χ4n) is 2.21. The van der Waals surface area contributed by atoms with Crippen LogP contribution in [0.5, 0.6) is 0 Å². The molecule has 0 aliphatic heterocycles. The molecule has 0 aliphatic carbocycles. The monoisotopic (exact) mass is 353 g/mol. The van der Waals surface area contributed by atoms with E-state index in [1.165, 1.54) is 12.3 Å². The number of sulfonamides is 1. The van der Waals surface area contributed by atoms with Crippen molar-refractivity contribution in [2.24, 2.45) is 0 Å². The van der Waals surface area contributed by atoms with E-state index in [9.17, 15) is 21.6 Å². The number of halogens is 3. The summed E-state index contributed by atoms with van der Waals surface area (Å²) in [6, 6.07) is 10.1. The lowest BCUT2D eigenvalue weighted by Gasteiger charge is -2.14. The fraction of sp³-hybridized carbons (Fsp3) is 0.0667. The van der Waals surface area contributed by atoms with Gasteiger partial charge in [-0.25, -0.2) is 8.42 Å². The van der Waals surface area contributed by atoms with Gasteiger partial charge in [-0.05, 0) is 24.3 Å². The minimum Gasteiger partial charge on any atom is -0.277 e. The largest absolute Gasteiger partial charge is 0.434 e. The first-order valence-electron chi connectivity index (χ1n) is 6.68. The average Bonchev–Trinajstić information content (AvgIpc) is 2.54. The van der Waals surface area contributed by atoms with Gasteiger partial charge in [-0.3, -0.25) is 14.7 Å². The van der Waals surface area contributed by atoms with Gasteiger partial charge in [0.15, 0.2) is 5.69 Å². The van der Waals surface area contributed by atoms with Crippen LogP contribution in [0.4, 0.5) is 18.9 Å². The molecule has 3 aromatic rings. The number of aromatic nitrogens is 2. The molecular formula is C15H10F3N3O2S. The molecule has 0 radical (unpaired) electrons. The van der Waals surface area contributed by atoms with Crippen LogP contribution in [0.15, 0.2) is 59.8 Å². The van der Waals surface area contributed by atoms with E-state index in [1.54, 1.807) is 24.3 Å². The molecule has 0 saturated carbocycles. The maximum atomic E-state index is 13.0. The van der Waals surface area contributed by atoms with Gasteiger partial charge in [-0.2, -0.15) is 13.2 Å². The number of para-hydroxylation sites is 1. The first-order valence-corrected chi connectivity index (χ1v) is 8.16. The van der Waals surface area contributed by atoms with Crippen LogP contribution in [-0.2, 0) is 16.2 Å². The normalized spacial score (nSPS) is 12.3. The summed E-state index contributed by atoms with van der Waals surface area (Å²) in [6.07, 6.45) is -2.53. The lowest BCUT2D eigenvalue weighted by atomic mass is 10.2. The van der Waals surface area contributed by atoms with E-state index in [4.69, 9.17) is 0 Å². The smallest absolute Gasteiger partial charge is 0.277 e. The van der Waals surface area contributed by atoms with Gasteiger partial charge in [0.25, 0.3) is 10.0 Å². The van der Waals surface area contributed by atoms with Crippen molar-refractivity contribution in [3.63, 3.8) is 0 Å². The third-order valence-electron chi connectivity index (χ3n) is 3.21. The lowest BCUT2D eigenvalue weighted by molar-refractivity contribution is -0.143. The van der Waals surface area contributed by atoms with Gasteiger partial charge in [0.2, 0.25) is 0 Å². The fourth-order valence-corrected chi connectivity index (χ4v) is 3.45. The van der Waals surface area contributed by atoms with Gasteiger partial charge >= 0.3 is 6.18 Å². The van der Waals surface area contributed by atoms with E-state index in [-0.39, 0.29) is 5.69 Å². The molecule has 0 bridgehead atoms. The summed E-state index contributed by atoms with van der Waals surface area (Å²) in [5, 5.41) is 0.653. The van der Waals surface area contributed by atoms with Crippen molar-refractivity contribution in [2.45, 2.75) is 11.1 Å². The van der Waals surface area contributed by atoms with Crippen LogP contribution < -0.4 is 4.72 Å². The van der Waals surface area contributed by atoms with E-state index < -0.39 is 26.8 Å². The van der Waals surface area contributed by atoms with E-state index >= 15 is 0 Å². The van der Waals surface area contributed by atoms with Crippen molar-refractivity contribution in [2.75, 3.05) is 4.72 Å². The number of alkyl halides is 3. The quantitative estimate of drug-likeness (QED) is 0.783. The third kappa shape index (κ3) is 3.02. The molecule has 0 aliphatic rings. The summed E-state index contributed by atoms with van der Waals surface area (Å²) in [5.74, 6) is 0. The molecule has 5 nitrogen and oxygen atoms in total. The summed E-state index contributed by atoms with van der Waals surface area (Å²) in [4.78, 5) is 6.29. The molecule has 124 valence electrons. The average molecular weight is 353 g/mol. The number of pyridine rings is 2. The van der Waals surface area contributed by atoms with Crippen molar-refractivity contribution in [3.05, 3.63) is 60.6 Å². The second kappa shape index (κ2) is 5.75. The Bertz CT molecular complexity index is 999. The number of benzene rings is 1. The number of rotatable bonds is 3. The van der Waals surface area contributed by atoms with Crippen LogP contribution >= 0.6 is 0 Å². The maximum Gasteiger partial charge on any atom is 0.434 e. The second-order valence-corrected chi connectivity index (χ2v) is 6.48. The number of nitrogens with zero attached hydrogens (tertiary/aromatic N) is 2. The number of nitrogens with one attached hydrogen (secondary N) is 1. The molecule has 0 amide bonds. The molecule has 2 aromatic heterocycles. The van der Waals surface area contributed by atoms with E-state index in [0.717, 1.165) is 18.3 Å². The highest BCUT2D eigenvalue weighted by atomic mass is 32.2. The molecular weight excluding hydrogens is 343 g/mol. The molecule has 0 fully saturated rings. The van der Waals surface area contributed by atoms with E-state index in [2.05, 4.69) is 14.7 Å². The molecule has 0 spiro atoms. The van der Waals surface area contributed by atoms with Crippen molar-refractivity contribution >= 4 is 26.6 Å². The summed E-state index contributed by atoms with van der Waals surface area (Å²) < 4.78 is 66.0. The number of fused-ring (bicyclic) bond motifs is 1. The Labute approximate surface area is 135 Å². The van der Waals surface area contributed by atoms with Gasteiger partial charge < -0.3 is 0 Å². The van der Waals surface area contributed by atoms with Crippen LogP contribution in [-0.4, -0.2) is 18.4 Å². The summed E-state index contributed by atoms with van der Waals surface area (Å²) in [6.45, 7) is 0. The topological polar surface area (TPSA) is 72.0 Å². The molecule has 1 N–H and O–H groups in total. The Morgan fingerprint density at radius 3 is 2.33 bits per heavy atom. The van der Waals surface area contributed by atoms with Crippen LogP contribution in [0.25, 0.3) is 10.9 Å². The summed E-state index contributed by atoms with van der Waals surface area (Å²) in [5.41, 5.74) is -1.04. The first-order chi connectivity index (χ1) is 11.3. The summed E-state index contributed by atoms with van der Waals surface area (Å²) >= 11 is 0. The van der Waals surface area contributed by atoms with Crippen LogP contribution in [0.2, 0.25) is 0 Å². The number of anilines is 1. The van der Waals surface area contributed by atoms with E-state index in [1.807, 2.05) is 0 Å². The Hall–Kier alpha value is -2.68. The predicted molar refractivity (Wildman–Crippen MR) is 81.8 cm³/mol. The molecule has 1 aromatic carbocycles. The molecule has 2 heterocycles. The van der Waals surface area contributed by atoms with Crippen LogP contribution in [0, 0.1) is 0 Å². The Morgan fingerprint density at radius 2 is 1.58 bits per heavy atom. The summed E-state index contributed by atoms with van der Waals surface area (Å²) in [7, 11) is -4.49. The van der Waals surface area contributed by atoms with Gasteiger partial charge in [0.05, 0.1) is 11.2 Å². The zero-order chi connectivity index (χ0) is 17.4. The van der Waals surface area contributed by atoms with Gasteiger partial charge in [-0.1, -0.05) is 18.2 Å². The van der Waals surface area contributed by atoms with Crippen molar-refractivity contribution < 1.29 is 21.6 Å². The minimum absolute atomic E-state index is 0.0880. The molecule has 0 saturated heterocycles. The van der Waals surface area contributed by atoms with Crippen molar-refractivity contribution in [1.82, 2.24) is 9.97 Å². The van der Waals surface area contributed by atoms with Crippen molar-refractivity contribution in [3.8, 4) is 0 Å². The second-order valence-electron chi connectivity index (χ2n) is 4.83. The zero-order valence-corrected chi connectivity index (χ0v) is 12.8. The Balaban J connectivity index is 2.10. The zero-order valence-electron chi connectivity index (χ0n) is 11.9. The number of hydrogen-bond donors (Lipinski definition) is 1. The molecule has 9 heteroatoms. The van der Waals surface area contributed by atoms with E-state index in [0.29, 0.717) is 10.9 Å². The predicted octanol–water partition coefficient (Wildman–Crippen LogP) is 3.45. The van der Waals surface area contributed by atoms with Gasteiger partial charge in [-0.15, -0.1) is 0 Å². The lowest BCUT2D eigenvalue weighted by Crippen LogP contribution is -2.20. The highest BCUT2D eigenvalue weighted by molar-refractivity contribution is 7.92.